The van der Waals surface area contributed by atoms with Crippen molar-refractivity contribution in [2.45, 2.75) is 25.9 Å². The lowest BCUT2D eigenvalue weighted by molar-refractivity contribution is 0.0603. The highest BCUT2D eigenvalue weighted by Gasteiger charge is 2.21. The van der Waals surface area contributed by atoms with Crippen LogP contribution < -0.4 is 20.3 Å². The number of hydrogen-bond acceptors (Lipinski definition) is 7. The van der Waals surface area contributed by atoms with Gasteiger partial charge in [-0.15, -0.1) is 0 Å². The van der Waals surface area contributed by atoms with E-state index in [9.17, 15) is 9.59 Å². The summed E-state index contributed by atoms with van der Waals surface area (Å²) in [4.78, 5) is 31.5. The van der Waals surface area contributed by atoms with Crippen LogP contribution in [0.3, 0.4) is 0 Å². The Hall–Kier alpha value is -4.43. The zero-order valence-electron chi connectivity index (χ0n) is 21.6. The van der Waals surface area contributed by atoms with E-state index in [1.807, 2.05) is 42.5 Å². The minimum absolute atomic E-state index is 0.246. The predicted octanol–water partition coefficient (Wildman–Crippen LogP) is 5.25. The van der Waals surface area contributed by atoms with E-state index in [4.69, 9.17) is 9.47 Å². The number of nitrogens with one attached hydrogen (secondary N) is 2. The molecule has 0 bridgehead atoms. The van der Waals surface area contributed by atoms with Crippen molar-refractivity contribution in [3.63, 3.8) is 0 Å². The van der Waals surface area contributed by atoms with Crippen molar-refractivity contribution in [1.29, 1.82) is 0 Å². The maximum absolute atomic E-state index is 12.9. The zero-order chi connectivity index (χ0) is 26.6. The molecular formula is C30H30N4O4. The predicted molar refractivity (Wildman–Crippen MR) is 148 cm³/mol. The van der Waals surface area contributed by atoms with Crippen LogP contribution in [0, 0.1) is 0 Å². The Bertz CT molecular complexity index is 1460. The summed E-state index contributed by atoms with van der Waals surface area (Å²) in [7, 11) is 1.36. The van der Waals surface area contributed by atoms with Crippen LogP contribution in [0.4, 0.5) is 11.5 Å². The molecule has 4 aromatic rings. The molecule has 1 fully saturated rings. The Kier molecular flexibility index (Phi) is 7.24. The normalized spacial score (nSPS) is 17.2. The Labute approximate surface area is 221 Å². The van der Waals surface area contributed by atoms with Crippen LogP contribution in [0.5, 0.6) is 11.5 Å². The second-order valence-corrected chi connectivity index (χ2v) is 9.53. The summed E-state index contributed by atoms with van der Waals surface area (Å²) in [5.41, 5.74) is 2.15. The number of hydrogen-bond donors (Lipinski definition) is 2. The quantitative estimate of drug-likeness (QED) is 0.342. The molecule has 2 atom stereocenters. The fraction of sp³-hybridized carbons (Fsp3) is 0.233. The Morgan fingerprint density at radius 1 is 0.947 bits per heavy atom. The van der Waals surface area contributed by atoms with E-state index >= 15 is 0 Å². The number of ether oxygens (including phenoxy) is 2. The van der Waals surface area contributed by atoms with E-state index in [2.05, 4.69) is 34.4 Å². The van der Waals surface area contributed by atoms with Crippen LogP contribution in [0.25, 0.3) is 10.8 Å². The summed E-state index contributed by atoms with van der Waals surface area (Å²) >= 11 is 0. The van der Waals surface area contributed by atoms with Gasteiger partial charge >= 0.3 is 5.97 Å². The highest BCUT2D eigenvalue weighted by Crippen LogP contribution is 2.29. The van der Waals surface area contributed by atoms with Crippen molar-refractivity contribution in [3.05, 3.63) is 90.1 Å². The lowest BCUT2D eigenvalue weighted by Gasteiger charge is -2.37. The van der Waals surface area contributed by atoms with Crippen LogP contribution >= 0.6 is 0 Å². The molecule has 1 aliphatic heterocycles. The molecule has 8 nitrogen and oxygen atoms in total. The lowest BCUT2D eigenvalue weighted by atomic mass is 10.0. The third-order valence-electron chi connectivity index (χ3n) is 6.52. The molecule has 1 amide bonds. The molecule has 2 heterocycles. The van der Waals surface area contributed by atoms with Gasteiger partial charge in [-0.3, -0.25) is 4.79 Å². The standard InChI is InChI=1S/C30H30N4O4/c1-19-17-34(18-20(2)32-19)23-9-7-21(8-10-23)29(35)33-28-16-25(13-14-31-28)38-24-11-12-26-22(15-24)5-4-6-27(26)30(36)37-3/h4-16,19-20,32H,17-18H2,1-3H3,(H,31,33,35). The molecule has 194 valence electrons. The van der Waals surface area contributed by atoms with E-state index in [0.717, 1.165) is 29.5 Å². The number of piperazine rings is 1. The molecule has 2 unspecified atom stereocenters. The first-order chi connectivity index (χ1) is 18.4. The van der Waals surface area contributed by atoms with Crippen LogP contribution in [0.1, 0.15) is 34.6 Å². The summed E-state index contributed by atoms with van der Waals surface area (Å²) in [6.07, 6.45) is 1.58. The van der Waals surface area contributed by atoms with Crippen molar-refractivity contribution in [2.75, 3.05) is 30.4 Å². The number of aromatic nitrogens is 1. The number of amides is 1. The molecule has 0 saturated carbocycles. The number of fused-ring (bicyclic) bond motifs is 1. The van der Waals surface area contributed by atoms with E-state index in [1.54, 1.807) is 36.5 Å². The number of methoxy groups -OCH3 is 1. The SMILES string of the molecule is COC(=O)c1cccc2cc(Oc3ccnc(NC(=O)c4ccc(N5CC(C)NC(C)C5)cc4)c3)ccc12. The summed E-state index contributed by atoms with van der Waals surface area (Å²) in [6.45, 7) is 6.21. The van der Waals surface area contributed by atoms with Crippen molar-refractivity contribution in [1.82, 2.24) is 10.3 Å². The van der Waals surface area contributed by atoms with Crippen LogP contribution in [0.15, 0.2) is 79.0 Å². The highest BCUT2D eigenvalue weighted by atomic mass is 16.5. The average molecular weight is 511 g/mol. The van der Waals surface area contributed by atoms with Gasteiger partial charge in [0, 0.05) is 48.7 Å². The number of benzene rings is 3. The molecule has 3 aromatic carbocycles. The van der Waals surface area contributed by atoms with Gasteiger partial charge in [0.2, 0.25) is 0 Å². The number of esters is 1. The maximum atomic E-state index is 12.9. The Morgan fingerprint density at radius 3 is 2.42 bits per heavy atom. The third kappa shape index (κ3) is 5.60. The smallest absolute Gasteiger partial charge is 0.338 e. The monoisotopic (exact) mass is 510 g/mol. The first-order valence-corrected chi connectivity index (χ1v) is 12.6. The number of carbonyl (C=O) groups excluding carboxylic acids is 2. The van der Waals surface area contributed by atoms with Crippen LogP contribution in [0.2, 0.25) is 0 Å². The van der Waals surface area contributed by atoms with Gasteiger partial charge in [-0.2, -0.15) is 0 Å². The molecule has 1 aliphatic rings. The second kappa shape index (κ2) is 10.9. The summed E-state index contributed by atoms with van der Waals surface area (Å²) in [5.74, 6) is 0.868. The van der Waals surface area contributed by atoms with Gasteiger partial charge in [-0.1, -0.05) is 12.1 Å². The summed E-state index contributed by atoms with van der Waals surface area (Å²) < 4.78 is 10.9. The highest BCUT2D eigenvalue weighted by molar-refractivity contribution is 6.05. The van der Waals surface area contributed by atoms with Crippen molar-refractivity contribution in [2.24, 2.45) is 0 Å². The molecule has 38 heavy (non-hydrogen) atoms. The third-order valence-corrected chi connectivity index (χ3v) is 6.52. The van der Waals surface area contributed by atoms with Gasteiger partial charge in [-0.25, -0.2) is 9.78 Å². The Morgan fingerprint density at radius 2 is 1.68 bits per heavy atom. The van der Waals surface area contributed by atoms with Gasteiger partial charge in [-0.05, 0) is 79.2 Å². The first kappa shape index (κ1) is 25.2. The van der Waals surface area contributed by atoms with E-state index in [-0.39, 0.29) is 11.9 Å². The van der Waals surface area contributed by atoms with E-state index < -0.39 is 0 Å². The molecule has 8 heteroatoms. The van der Waals surface area contributed by atoms with Gasteiger partial charge in [0.05, 0.1) is 12.7 Å². The maximum Gasteiger partial charge on any atom is 0.338 e. The van der Waals surface area contributed by atoms with Gasteiger partial charge < -0.3 is 25.0 Å². The van der Waals surface area contributed by atoms with Gasteiger partial charge in [0.25, 0.3) is 5.91 Å². The molecule has 5 rings (SSSR count). The fourth-order valence-electron chi connectivity index (χ4n) is 4.84. The molecular weight excluding hydrogens is 480 g/mol. The average Bonchev–Trinajstić information content (AvgIpc) is 2.92. The van der Waals surface area contributed by atoms with Crippen molar-refractivity contribution >= 4 is 34.2 Å². The largest absolute Gasteiger partial charge is 0.465 e. The molecule has 0 spiro atoms. The number of pyridine rings is 1. The summed E-state index contributed by atoms with van der Waals surface area (Å²) in [6, 6.07) is 22.7. The number of anilines is 2. The molecule has 0 aliphatic carbocycles. The molecule has 1 aromatic heterocycles. The topological polar surface area (TPSA) is 92.8 Å². The first-order valence-electron chi connectivity index (χ1n) is 12.6. The second-order valence-electron chi connectivity index (χ2n) is 9.53. The van der Waals surface area contributed by atoms with Gasteiger partial charge in [0.15, 0.2) is 0 Å². The van der Waals surface area contributed by atoms with Crippen molar-refractivity contribution in [3.8, 4) is 11.5 Å². The van der Waals surface area contributed by atoms with Crippen LogP contribution in [-0.2, 0) is 4.74 Å². The van der Waals surface area contributed by atoms with E-state index in [0.29, 0.717) is 40.5 Å². The summed E-state index contributed by atoms with van der Waals surface area (Å²) in [5, 5.41) is 8.01. The molecule has 1 saturated heterocycles. The zero-order valence-corrected chi connectivity index (χ0v) is 21.6. The number of nitrogens with zero attached hydrogens (tertiary/aromatic N) is 2. The minimum Gasteiger partial charge on any atom is -0.465 e. The Balaban J connectivity index is 1.26. The lowest BCUT2D eigenvalue weighted by Crippen LogP contribution is -2.54. The van der Waals surface area contributed by atoms with E-state index in [1.165, 1.54) is 7.11 Å². The van der Waals surface area contributed by atoms with Crippen molar-refractivity contribution < 1.29 is 19.1 Å². The molecule has 0 radical (unpaired) electrons. The van der Waals surface area contributed by atoms with Gasteiger partial charge in [0.1, 0.15) is 17.3 Å². The van der Waals surface area contributed by atoms with Crippen LogP contribution in [-0.4, -0.2) is 49.1 Å². The fourth-order valence-corrected chi connectivity index (χ4v) is 4.84. The minimum atomic E-state index is -0.388. The number of carbonyl (C=O) groups is 2. The molecule has 2 N–H and O–H groups in total. The number of rotatable bonds is 6.